The Morgan fingerprint density at radius 2 is 1.94 bits per heavy atom. The topological polar surface area (TPSA) is 55.1 Å². The van der Waals surface area contributed by atoms with Gasteiger partial charge in [-0.05, 0) is 31.1 Å². The number of nitrogens with one attached hydrogen (secondary N) is 1. The van der Waals surface area contributed by atoms with Crippen molar-refractivity contribution in [2.45, 2.75) is 58.9 Å². The Bertz CT molecular complexity index is 242. The molecule has 0 aromatic carbocycles. The van der Waals surface area contributed by atoms with Crippen molar-refractivity contribution in [2.75, 3.05) is 6.54 Å². The van der Waals surface area contributed by atoms with E-state index in [1.165, 1.54) is 12.8 Å². The third-order valence-electron chi connectivity index (χ3n) is 4.10. The summed E-state index contributed by atoms with van der Waals surface area (Å²) in [7, 11) is 0. The van der Waals surface area contributed by atoms with E-state index in [1.54, 1.807) is 0 Å². The standard InChI is InChI=1S/C14H28N2O/c1-4-5-6-7-16-14(17)12-9-13(15)11(3)8-10(12)2/h10-13H,4-9,15H2,1-3H3,(H,16,17). The molecule has 0 radical (unpaired) electrons. The molecule has 1 fully saturated rings. The molecule has 0 heterocycles. The molecule has 3 nitrogen and oxygen atoms in total. The van der Waals surface area contributed by atoms with Gasteiger partial charge in [0, 0.05) is 18.5 Å². The fraction of sp³-hybridized carbons (Fsp3) is 0.929. The van der Waals surface area contributed by atoms with Crippen molar-refractivity contribution in [1.29, 1.82) is 0 Å². The van der Waals surface area contributed by atoms with Gasteiger partial charge in [-0.25, -0.2) is 0 Å². The Hall–Kier alpha value is -0.570. The maximum absolute atomic E-state index is 12.1. The van der Waals surface area contributed by atoms with Gasteiger partial charge in [-0.15, -0.1) is 0 Å². The smallest absolute Gasteiger partial charge is 0.223 e. The molecule has 1 saturated carbocycles. The zero-order chi connectivity index (χ0) is 12.8. The normalized spacial score (nSPS) is 33.4. The summed E-state index contributed by atoms with van der Waals surface area (Å²) in [5.74, 6) is 1.36. The van der Waals surface area contributed by atoms with Gasteiger partial charge < -0.3 is 11.1 Å². The van der Waals surface area contributed by atoms with Gasteiger partial charge >= 0.3 is 0 Å². The molecule has 4 unspecified atom stereocenters. The van der Waals surface area contributed by atoms with Crippen molar-refractivity contribution in [3.8, 4) is 0 Å². The van der Waals surface area contributed by atoms with E-state index in [0.717, 1.165) is 25.8 Å². The van der Waals surface area contributed by atoms with Crippen LogP contribution in [0.15, 0.2) is 0 Å². The van der Waals surface area contributed by atoms with Gasteiger partial charge in [-0.1, -0.05) is 33.6 Å². The van der Waals surface area contributed by atoms with Crippen molar-refractivity contribution in [3.63, 3.8) is 0 Å². The van der Waals surface area contributed by atoms with Gasteiger partial charge in [0.25, 0.3) is 0 Å². The maximum Gasteiger partial charge on any atom is 0.223 e. The van der Waals surface area contributed by atoms with Gasteiger partial charge in [0.05, 0.1) is 0 Å². The van der Waals surface area contributed by atoms with Crippen molar-refractivity contribution in [3.05, 3.63) is 0 Å². The number of unbranched alkanes of at least 4 members (excludes halogenated alkanes) is 2. The Balaban J connectivity index is 2.35. The second kappa shape index (κ2) is 7.00. The average molecular weight is 240 g/mol. The van der Waals surface area contributed by atoms with Crippen LogP contribution in [0.1, 0.15) is 52.9 Å². The zero-order valence-corrected chi connectivity index (χ0v) is 11.5. The quantitative estimate of drug-likeness (QED) is 0.725. The molecule has 100 valence electrons. The SMILES string of the molecule is CCCCCNC(=O)C1CC(N)C(C)CC1C. The second-order valence-corrected chi connectivity index (χ2v) is 5.69. The highest BCUT2D eigenvalue weighted by Gasteiger charge is 2.34. The largest absolute Gasteiger partial charge is 0.356 e. The van der Waals surface area contributed by atoms with Crippen LogP contribution in [-0.4, -0.2) is 18.5 Å². The lowest BCUT2D eigenvalue weighted by Crippen LogP contribution is -2.45. The Morgan fingerprint density at radius 1 is 1.24 bits per heavy atom. The minimum Gasteiger partial charge on any atom is -0.356 e. The predicted molar refractivity (Wildman–Crippen MR) is 71.6 cm³/mol. The molecule has 3 heteroatoms. The van der Waals surface area contributed by atoms with Crippen LogP contribution in [0.4, 0.5) is 0 Å². The first-order valence-electron chi connectivity index (χ1n) is 7.09. The molecule has 0 aromatic rings. The van der Waals surface area contributed by atoms with Gasteiger partial charge in [0.1, 0.15) is 0 Å². The van der Waals surface area contributed by atoms with Gasteiger partial charge in [-0.2, -0.15) is 0 Å². The average Bonchev–Trinajstić information content (AvgIpc) is 2.29. The number of hydrogen-bond donors (Lipinski definition) is 2. The summed E-state index contributed by atoms with van der Waals surface area (Å²) in [6, 6.07) is 0.192. The summed E-state index contributed by atoms with van der Waals surface area (Å²) in [4.78, 5) is 12.1. The van der Waals surface area contributed by atoms with Crippen LogP contribution in [0.5, 0.6) is 0 Å². The van der Waals surface area contributed by atoms with E-state index in [0.29, 0.717) is 11.8 Å². The van der Waals surface area contributed by atoms with Crippen molar-refractivity contribution in [1.82, 2.24) is 5.32 Å². The van der Waals surface area contributed by atoms with E-state index in [1.807, 2.05) is 0 Å². The number of carbonyl (C=O) groups is 1. The molecule has 0 aliphatic heterocycles. The van der Waals surface area contributed by atoms with Crippen molar-refractivity contribution in [2.24, 2.45) is 23.5 Å². The Kier molecular flexibility index (Phi) is 5.96. The summed E-state index contributed by atoms with van der Waals surface area (Å²) < 4.78 is 0. The maximum atomic E-state index is 12.1. The van der Waals surface area contributed by atoms with Crippen molar-refractivity contribution < 1.29 is 4.79 Å². The molecule has 1 aliphatic rings. The Morgan fingerprint density at radius 3 is 2.59 bits per heavy atom. The minimum atomic E-state index is 0.128. The first-order valence-corrected chi connectivity index (χ1v) is 7.09. The molecular formula is C14H28N2O. The first-order chi connectivity index (χ1) is 8.06. The molecule has 1 rings (SSSR count). The number of hydrogen-bond acceptors (Lipinski definition) is 2. The predicted octanol–water partition coefficient (Wildman–Crippen LogP) is 2.30. The summed E-state index contributed by atoms with van der Waals surface area (Å²) in [5.41, 5.74) is 6.07. The van der Waals surface area contributed by atoms with Crippen LogP contribution < -0.4 is 11.1 Å². The van der Waals surface area contributed by atoms with E-state index in [-0.39, 0.29) is 17.9 Å². The molecule has 0 spiro atoms. The minimum absolute atomic E-state index is 0.128. The zero-order valence-electron chi connectivity index (χ0n) is 11.5. The van der Waals surface area contributed by atoms with Gasteiger partial charge in [-0.3, -0.25) is 4.79 Å². The monoisotopic (exact) mass is 240 g/mol. The van der Waals surface area contributed by atoms with E-state index < -0.39 is 0 Å². The molecule has 17 heavy (non-hydrogen) atoms. The fourth-order valence-electron chi connectivity index (χ4n) is 2.77. The number of rotatable bonds is 5. The first kappa shape index (κ1) is 14.5. The van der Waals surface area contributed by atoms with Crippen LogP contribution in [-0.2, 0) is 4.79 Å². The van der Waals surface area contributed by atoms with E-state index in [9.17, 15) is 4.79 Å². The summed E-state index contributed by atoms with van der Waals surface area (Å²) in [6.07, 6.45) is 5.40. The lowest BCUT2D eigenvalue weighted by atomic mass is 9.72. The van der Waals surface area contributed by atoms with E-state index in [2.05, 4.69) is 26.1 Å². The van der Waals surface area contributed by atoms with E-state index in [4.69, 9.17) is 5.73 Å². The summed E-state index contributed by atoms with van der Waals surface area (Å²) in [5, 5.41) is 3.06. The van der Waals surface area contributed by atoms with Gasteiger partial charge in [0.2, 0.25) is 5.91 Å². The highest BCUT2D eigenvalue weighted by Crippen LogP contribution is 2.32. The van der Waals surface area contributed by atoms with Crippen LogP contribution in [0.2, 0.25) is 0 Å². The number of amides is 1. The lowest BCUT2D eigenvalue weighted by Gasteiger charge is -2.36. The molecule has 1 aliphatic carbocycles. The molecule has 0 aromatic heterocycles. The molecule has 0 bridgehead atoms. The van der Waals surface area contributed by atoms with Crippen molar-refractivity contribution >= 4 is 5.91 Å². The summed E-state index contributed by atoms with van der Waals surface area (Å²) in [6.45, 7) is 7.36. The highest BCUT2D eigenvalue weighted by atomic mass is 16.1. The third-order valence-corrected chi connectivity index (χ3v) is 4.10. The Labute approximate surface area is 106 Å². The van der Waals surface area contributed by atoms with Crippen LogP contribution in [0.3, 0.4) is 0 Å². The fourth-order valence-corrected chi connectivity index (χ4v) is 2.77. The molecule has 4 atom stereocenters. The van der Waals surface area contributed by atoms with Gasteiger partial charge in [0.15, 0.2) is 0 Å². The van der Waals surface area contributed by atoms with Crippen LogP contribution in [0.25, 0.3) is 0 Å². The van der Waals surface area contributed by atoms with Crippen LogP contribution >= 0.6 is 0 Å². The number of carbonyl (C=O) groups excluding carboxylic acids is 1. The van der Waals surface area contributed by atoms with E-state index >= 15 is 0 Å². The molecular weight excluding hydrogens is 212 g/mol. The third kappa shape index (κ3) is 4.30. The highest BCUT2D eigenvalue weighted by molar-refractivity contribution is 5.79. The number of nitrogens with two attached hydrogens (primary N) is 1. The second-order valence-electron chi connectivity index (χ2n) is 5.69. The molecule has 3 N–H and O–H groups in total. The molecule has 0 saturated heterocycles. The molecule has 1 amide bonds. The lowest BCUT2D eigenvalue weighted by molar-refractivity contribution is -0.128. The van der Waals surface area contributed by atoms with Crippen LogP contribution in [0, 0.1) is 17.8 Å². The summed E-state index contributed by atoms with van der Waals surface area (Å²) >= 11 is 0.